The fourth-order valence-corrected chi connectivity index (χ4v) is 4.79. The Labute approximate surface area is 186 Å². The average molecular weight is 428 g/mol. The lowest BCUT2D eigenvalue weighted by Crippen LogP contribution is -2.48. The molecule has 0 N–H and O–H groups in total. The van der Waals surface area contributed by atoms with Crippen LogP contribution in [0.3, 0.4) is 0 Å². The Balaban J connectivity index is 1.52. The molecular weight excluding hydrogens is 402 g/mol. The molecular formula is C24H25N7O. The molecule has 4 heterocycles. The number of nitrogens with zero attached hydrogens (tertiary/aromatic N) is 7. The molecule has 3 aromatic heterocycles. The lowest BCUT2D eigenvalue weighted by molar-refractivity contribution is -0.117. The van der Waals surface area contributed by atoms with Gasteiger partial charge in [0, 0.05) is 43.9 Å². The number of fused-ring (bicyclic) bond motifs is 2. The highest BCUT2D eigenvalue weighted by molar-refractivity contribution is 6.01. The molecule has 1 atom stereocenters. The number of amides is 1. The number of hydrogen-bond acceptors (Lipinski definition) is 5. The second-order valence-electron chi connectivity index (χ2n) is 8.83. The van der Waals surface area contributed by atoms with Crippen LogP contribution < -0.4 is 9.80 Å². The van der Waals surface area contributed by atoms with Crippen molar-refractivity contribution in [1.82, 2.24) is 24.5 Å². The van der Waals surface area contributed by atoms with E-state index in [1.165, 1.54) is 12.8 Å². The molecule has 2 aliphatic rings. The van der Waals surface area contributed by atoms with Gasteiger partial charge in [0.2, 0.25) is 5.91 Å². The maximum absolute atomic E-state index is 12.5. The molecule has 0 spiro atoms. The Kier molecular flexibility index (Phi) is 4.11. The molecule has 1 fully saturated rings. The summed E-state index contributed by atoms with van der Waals surface area (Å²) in [5.74, 6) is 0.926. The van der Waals surface area contributed by atoms with Gasteiger partial charge in [-0.05, 0) is 43.5 Å². The molecule has 0 bridgehead atoms. The second kappa shape index (κ2) is 6.91. The molecule has 32 heavy (non-hydrogen) atoms. The number of aromatic nitrogens is 5. The van der Waals surface area contributed by atoms with Crippen LogP contribution in [0.25, 0.3) is 22.0 Å². The van der Waals surface area contributed by atoms with Crippen LogP contribution >= 0.6 is 0 Å². The number of anilines is 3. The maximum Gasteiger partial charge on any atom is 0.224 e. The Bertz CT molecular complexity index is 1350. The number of pyridine rings is 1. The van der Waals surface area contributed by atoms with Crippen molar-refractivity contribution in [3.8, 4) is 11.1 Å². The van der Waals surface area contributed by atoms with Gasteiger partial charge in [0.15, 0.2) is 5.82 Å². The molecule has 1 amide bonds. The van der Waals surface area contributed by atoms with Crippen molar-refractivity contribution in [2.24, 2.45) is 7.05 Å². The lowest BCUT2D eigenvalue weighted by Gasteiger charge is -2.41. The van der Waals surface area contributed by atoms with Crippen molar-refractivity contribution < 1.29 is 4.79 Å². The van der Waals surface area contributed by atoms with Gasteiger partial charge < -0.3 is 9.80 Å². The predicted octanol–water partition coefficient (Wildman–Crippen LogP) is 4.06. The first kappa shape index (κ1) is 19.0. The molecule has 162 valence electrons. The normalized spacial score (nSPS) is 18.3. The summed E-state index contributed by atoms with van der Waals surface area (Å²) >= 11 is 0. The third-order valence-electron chi connectivity index (χ3n) is 6.50. The first-order chi connectivity index (χ1) is 15.5. The third kappa shape index (κ3) is 2.90. The highest BCUT2D eigenvalue weighted by Crippen LogP contribution is 2.44. The van der Waals surface area contributed by atoms with Crippen LogP contribution in [0.2, 0.25) is 0 Å². The Morgan fingerprint density at radius 2 is 1.94 bits per heavy atom. The number of benzene rings is 1. The quantitative estimate of drug-likeness (QED) is 0.493. The first-order valence-corrected chi connectivity index (χ1v) is 11.0. The molecule has 8 heteroatoms. The second-order valence-corrected chi connectivity index (χ2v) is 8.83. The van der Waals surface area contributed by atoms with Crippen molar-refractivity contribution in [3.63, 3.8) is 0 Å². The number of hydrogen-bond donors (Lipinski definition) is 0. The number of rotatable bonds is 3. The molecule has 0 unspecified atom stereocenters. The molecule has 6 rings (SSSR count). The minimum absolute atomic E-state index is 0.0161. The fraction of sp³-hybridized carbons (Fsp3) is 0.333. The fourth-order valence-electron chi connectivity index (χ4n) is 4.79. The molecule has 4 aromatic rings. The zero-order valence-electron chi connectivity index (χ0n) is 18.4. The number of carbonyl (C=O) groups excluding carboxylic acids is 1. The van der Waals surface area contributed by atoms with E-state index in [9.17, 15) is 4.79 Å². The lowest BCUT2D eigenvalue weighted by atomic mass is 10.0. The van der Waals surface area contributed by atoms with Gasteiger partial charge in [-0.1, -0.05) is 6.07 Å². The molecule has 8 nitrogen and oxygen atoms in total. The van der Waals surface area contributed by atoms with Crippen molar-refractivity contribution in [3.05, 3.63) is 49.1 Å². The summed E-state index contributed by atoms with van der Waals surface area (Å²) < 4.78 is 3.93. The van der Waals surface area contributed by atoms with Gasteiger partial charge >= 0.3 is 0 Å². The summed E-state index contributed by atoms with van der Waals surface area (Å²) in [6.07, 6.45) is 10.1. The van der Waals surface area contributed by atoms with Gasteiger partial charge in [-0.25, -0.2) is 0 Å². The van der Waals surface area contributed by atoms with Gasteiger partial charge in [0.1, 0.15) is 0 Å². The van der Waals surface area contributed by atoms with E-state index < -0.39 is 0 Å². The van der Waals surface area contributed by atoms with Crippen LogP contribution in [-0.2, 0) is 11.8 Å². The summed E-state index contributed by atoms with van der Waals surface area (Å²) in [7, 11) is 1.94. The van der Waals surface area contributed by atoms with Crippen molar-refractivity contribution in [2.75, 3.05) is 16.3 Å². The van der Waals surface area contributed by atoms with E-state index in [1.54, 1.807) is 13.1 Å². The predicted molar refractivity (Wildman–Crippen MR) is 124 cm³/mol. The average Bonchev–Trinajstić information content (AvgIpc) is 3.42. The van der Waals surface area contributed by atoms with Crippen molar-refractivity contribution >= 4 is 34.0 Å². The van der Waals surface area contributed by atoms with E-state index in [1.807, 2.05) is 35.1 Å². The number of aryl methyl sites for hydroxylation is 1. The molecule has 1 aliphatic heterocycles. The van der Waals surface area contributed by atoms with Crippen molar-refractivity contribution in [1.29, 1.82) is 0 Å². The van der Waals surface area contributed by atoms with E-state index in [2.05, 4.69) is 51.0 Å². The Morgan fingerprint density at radius 3 is 2.72 bits per heavy atom. The summed E-state index contributed by atoms with van der Waals surface area (Å²) in [5.41, 5.74) is 5.03. The standard InChI is InChI=1S/C24H25N7O/c1-15-13-29(24-20-8-9-25-12-23(20)28(3)27-24)22-10-17(4-7-21(22)31(15)16(2)32)18-11-26-30(14-18)19-5-6-19/h4,7-12,14-15,19H,5-6,13H2,1-3H3/t15-/m0/s1. The topological polar surface area (TPSA) is 72.1 Å². The maximum atomic E-state index is 12.5. The molecule has 1 aromatic carbocycles. The molecule has 1 saturated carbocycles. The van der Waals surface area contributed by atoms with Gasteiger partial charge in [0.05, 0.1) is 41.4 Å². The van der Waals surface area contributed by atoms with Gasteiger partial charge in [-0.3, -0.25) is 19.1 Å². The van der Waals surface area contributed by atoms with E-state index in [0.717, 1.165) is 39.2 Å². The van der Waals surface area contributed by atoms with Gasteiger partial charge in [-0.15, -0.1) is 0 Å². The van der Waals surface area contributed by atoms with E-state index in [-0.39, 0.29) is 11.9 Å². The monoisotopic (exact) mass is 427 g/mol. The Hall–Kier alpha value is -3.68. The van der Waals surface area contributed by atoms with Crippen LogP contribution in [0, 0.1) is 0 Å². The van der Waals surface area contributed by atoms with Crippen LogP contribution in [0.4, 0.5) is 17.2 Å². The summed E-state index contributed by atoms with van der Waals surface area (Å²) in [5, 5.41) is 10.4. The summed E-state index contributed by atoms with van der Waals surface area (Å²) in [6.45, 7) is 4.37. The van der Waals surface area contributed by atoms with Gasteiger partial charge in [0.25, 0.3) is 0 Å². The minimum Gasteiger partial charge on any atom is -0.320 e. The molecule has 1 aliphatic carbocycles. The van der Waals surface area contributed by atoms with Crippen LogP contribution in [0.15, 0.2) is 49.1 Å². The minimum atomic E-state index is 0.0161. The largest absolute Gasteiger partial charge is 0.320 e. The van der Waals surface area contributed by atoms with Crippen LogP contribution in [0.5, 0.6) is 0 Å². The molecule has 0 saturated heterocycles. The summed E-state index contributed by atoms with van der Waals surface area (Å²) in [4.78, 5) is 20.9. The first-order valence-electron chi connectivity index (χ1n) is 11.0. The third-order valence-corrected chi connectivity index (χ3v) is 6.50. The Morgan fingerprint density at radius 1 is 1.09 bits per heavy atom. The van der Waals surface area contributed by atoms with Crippen LogP contribution in [-0.4, -0.2) is 43.0 Å². The zero-order chi connectivity index (χ0) is 22.0. The van der Waals surface area contributed by atoms with E-state index in [4.69, 9.17) is 5.10 Å². The summed E-state index contributed by atoms with van der Waals surface area (Å²) in [6, 6.07) is 8.86. The molecule has 0 radical (unpaired) electrons. The highest BCUT2D eigenvalue weighted by Gasteiger charge is 2.33. The van der Waals surface area contributed by atoms with Crippen LogP contribution in [0.1, 0.15) is 32.7 Å². The SMILES string of the molecule is CC(=O)N1c2ccc(-c3cnn(C4CC4)c3)cc2N(c2nn(C)c3cnccc23)C[C@@H]1C. The zero-order valence-corrected chi connectivity index (χ0v) is 18.4. The number of carbonyl (C=O) groups is 1. The van der Waals surface area contributed by atoms with Crippen molar-refractivity contribution in [2.45, 2.75) is 38.8 Å². The van der Waals surface area contributed by atoms with E-state index >= 15 is 0 Å². The highest BCUT2D eigenvalue weighted by atomic mass is 16.2. The smallest absolute Gasteiger partial charge is 0.224 e. The van der Waals surface area contributed by atoms with E-state index in [0.29, 0.717) is 12.6 Å². The van der Waals surface area contributed by atoms with Gasteiger partial charge in [-0.2, -0.15) is 10.2 Å².